The number of nitrogens with zero attached hydrogens (tertiary/aromatic N) is 2. The van der Waals surface area contributed by atoms with Gasteiger partial charge in [-0.05, 0) is 18.1 Å². The van der Waals surface area contributed by atoms with Gasteiger partial charge in [0, 0.05) is 31.0 Å². The molecule has 0 saturated carbocycles. The Morgan fingerprint density at radius 2 is 2.18 bits per heavy atom. The normalized spacial score (nSPS) is 10.5. The molecule has 0 aliphatic rings. The van der Waals surface area contributed by atoms with Crippen molar-refractivity contribution in [1.82, 2.24) is 9.36 Å². The van der Waals surface area contributed by atoms with Gasteiger partial charge in [-0.2, -0.15) is 4.37 Å². The largest absolute Gasteiger partial charge is 0.359 e. The van der Waals surface area contributed by atoms with E-state index in [-0.39, 0.29) is 0 Å². The van der Waals surface area contributed by atoms with Gasteiger partial charge >= 0.3 is 0 Å². The lowest BCUT2D eigenvalue weighted by Crippen LogP contribution is -2.12. The summed E-state index contributed by atoms with van der Waals surface area (Å²) in [6, 6.07) is 8.31. The van der Waals surface area contributed by atoms with Crippen LogP contribution in [0.3, 0.4) is 0 Å². The van der Waals surface area contributed by atoms with Crippen molar-refractivity contribution in [2.75, 3.05) is 18.4 Å². The lowest BCUT2D eigenvalue weighted by Gasteiger charge is -2.01. The molecule has 0 aliphatic heterocycles. The van der Waals surface area contributed by atoms with Gasteiger partial charge in [0.05, 0.1) is 0 Å². The molecule has 0 amide bonds. The molecular formula is C12H16N4S. The average molecular weight is 248 g/mol. The Hall–Kier alpha value is -1.46. The molecule has 0 unspecified atom stereocenters. The highest BCUT2D eigenvalue weighted by Crippen LogP contribution is 2.15. The number of benzene rings is 1. The van der Waals surface area contributed by atoms with Crippen molar-refractivity contribution in [3.05, 3.63) is 41.2 Å². The number of hydrogen-bond donors (Lipinski definition) is 2. The van der Waals surface area contributed by atoms with Crippen molar-refractivity contribution < 1.29 is 0 Å². The Morgan fingerprint density at radius 1 is 1.35 bits per heavy atom. The summed E-state index contributed by atoms with van der Waals surface area (Å²) < 4.78 is 4.33. The highest BCUT2D eigenvalue weighted by Gasteiger charge is 2.05. The van der Waals surface area contributed by atoms with E-state index in [1.54, 1.807) is 0 Å². The van der Waals surface area contributed by atoms with Crippen molar-refractivity contribution in [3.8, 4) is 0 Å². The number of anilines is 1. The van der Waals surface area contributed by atoms with E-state index in [1.807, 2.05) is 12.1 Å². The minimum absolute atomic E-state index is 0.604. The van der Waals surface area contributed by atoms with Gasteiger partial charge in [-0.3, -0.25) is 0 Å². The molecule has 0 radical (unpaired) electrons. The SMILES string of the molecule is Cc1ccccc1Cc1nsc(NCCN)n1. The van der Waals surface area contributed by atoms with Crippen molar-refractivity contribution >= 4 is 16.7 Å². The van der Waals surface area contributed by atoms with Crippen LogP contribution in [0.5, 0.6) is 0 Å². The summed E-state index contributed by atoms with van der Waals surface area (Å²) in [7, 11) is 0. The molecule has 1 heterocycles. The maximum Gasteiger partial charge on any atom is 0.202 e. The van der Waals surface area contributed by atoms with Crippen LogP contribution in [-0.2, 0) is 6.42 Å². The van der Waals surface area contributed by atoms with Gasteiger partial charge < -0.3 is 11.1 Å². The minimum atomic E-state index is 0.604. The van der Waals surface area contributed by atoms with Crippen LogP contribution in [0.25, 0.3) is 0 Å². The topological polar surface area (TPSA) is 63.8 Å². The summed E-state index contributed by atoms with van der Waals surface area (Å²) in [4.78, 5) is 4.42. The summed E-state index contributed by atoms with van der Waals surface area (Å²) in [6.45, 7) is 3.45. The van der Waals surface area contributed by atoms with E-state index >= 15 is 0 Å². The summed E-state index contributed by atoms with van der Waals surface area (Å²) in [5.41, 5.74) is 7.97. The van der Waals surface area contributed by atoms with E-state index in [4.69, 9.17) is 5.73 Å². The third kappa shape index (κ3) is 3.25. The summed E-state index contributed by atoms with van der Waals surface area (Å²) in [5.74, 6) is 0.865. The molecule has 3 N–H and O–H groups in total. The lowest BCUT2D eigenvalue weighted by molar-refractivity contribution is 0.994. The first-order valence-corrected chi connectivity index (χ1v) is 6.38. The Morgan fingerprint density at radius 3 is 2.94 bits per heavy atom. The second kappa shape index (κ2) is 5.75. The Kier molecular flexibility index (Phi) is 4.06. The maximum atomic E-state index is 5.42. The summed E-state index contributed by atoms with van der Waals surface area (Å²) in [6.07, 6.45) is 0.785. The first-order valence-electron chi connectivity index (χ1n) is 5.60. The molecule has 0 saturated heterocycles. The predicted octanol–water partition coefficient (Wildman–Crippen LogP) is 1.81. The van der Waals surface area contributed by atoms with Crippen LogP contribution in [-0.4, -0.2) is 22.4 Å². The molecular weight excluding hydrogens is 232 g/mol. The van der Waals surface area contributed by atoms with Crippen LogP contribution in [0, 0.1) is 6.92 Å². The molecule has 5 heteroatoms. The fraction of sp³-hybridized carbons (Fsp3) is 0.333. The van der Waals surface area contributed by atoms with Gasteiger partial charge in [0.15, 0.2) is 0 Å². The van der Waals surface area contributed by atoms with Crippen LogP contribution in [0.1, 0.15) is 17.0 Å². The zero-order valence-electron chi connectivity index (χ0n) is 9.81. The Bertz CT molecular complexity index is 481. The number of nitrogens with one attached hydrogen (secondary N) is 1. The number of nitrogens with two attached hydrogens (primary N) is 1. The van der Waals surface area contributed by atoms with Crippen molar-refractivity contribution in [2.45, 2.75) is 13.3 Å². The second-order valence-corrected chi connectivity index (χ2v) is 4.59. The molecule has 1 aromatic heterocycles. The van der Waals surface area contributed by atoms with E-state index in [9.17, 15) is 0 Å². The highest BCUT2D eigenvalue weighted by atomic mass is 32.1. The second-order valence-electron chi connectivity index (χ2n) is 3.83. The number of rotatable bonds is 5. The Balaban J connectivity index is 2.04. The molecule has 4 nitrogen and oxygen atoms in total. The number of aromatic nitrogens is 2. The van der Waals surface area contributed by atoms with Gasteiger partial charge in [-0.1, -0.05) is 24.3 Å². The van der Waals surface area contributed by atoms with Crippen molar-refractivity contribution in [2.24, 2.45) is 5.73 Å². The van der Waals surface area contributed by atoms with Crippen LogP contribution in [0.2, 0.25) is 0 Å². The van der Waals surface area contributed by atoms with Crippen LogP contribution >= 0.6 is 11.5 Å². The molecule has 0 aliphatic carbocycles. The Labute approximate surface area is 105 Å². The van der Waals surface area contributed by atoms with E-state index in [0.29, 0.717) is 6.54 Å². The molecule has 0 atom stereocenters. The third-order valence-electron chi connectivity index (χ3n) is 2.50. The quantitative estimate of drug-likeness (QED) is 0.847. The first-order chi connectivity index (χ1) is 8.29. The third-order valence-corrected chi connectivity index (χ3v) is 3.21. The van der Waals surface area contributed by atoms with Crippen molar-refractivity contribution in [1.29, 1.82) is 0 Å². The van der Waals surface area contributed by atoms with Gasteiger partial charge in [0.1, 0.15) is 5.82 Å². The maximum absolute atomic E-state index is 5.42. The molecule has 0 fully saturated rings. The lowest BCUT2D eigenvalue weighted by atomic mass is 10.1. The van der Waals surface area contributed by atoms with E-state index in [0.717, 1.165) is 23.9 Å². The molecule has 1 aromatic carbocycles. The number of hydrogen-bond acceptors (Lipinski definition) is 5. The smallest absolute Gasteiger partial charge is 0.202 e. The van der Waals surface area contributed by atoms with E-state index in [1.165, 1.54) is 22.7 Å². The predicted molar refractivity (Wildman–Crippen MR) is 71.4 cm³/mol. The molecule has 90 valence electrons. The van der Waals surface area contributed by atoms with Crippen molar-refractivity contribution in [3.63, 3.8) is 0 Å². The average Bonchev–Trinajstić information content (AvgIpc) is 2.77. The molecule has 17 heavy (non-hydrogen) atoms. The van der Waals surface area contributed by atoms with Gasteiger partial charge in [0.25, 0.3) is 0 Å². The van der Waals surface area contributed by atoms with Gasteiger partial charge in [-0.25, -0.2) is 4.98 Å². The zero-order valence-corrected chi connectivity index (χ0v) is 10.6. The van der Waals surface area contributed by atoms with Crippen LogP contribution < -0.4 is 11.1 Å². The van der Waals surface area contributed by atoms with Crippen LogP contribution in [0.4, 0.5) is 5.13 Å². The summed E-state index contributed by atoms with van der Waals surface area (Å²) >= 11 is 1.39. The fourth-order valence-corrected chi connectivity index (χ4v) is 2.17. The first kappa shape index (κ1) is 12.0. The monoisotopic (exact) mass is 248 g/mol. The van der Waals surface area contributed by atoms with Crippen LogP contribution in [0.15, 0.2) is 24.3 Å². The fourth-order valence-electron chi connectivity index (χ4n) is 1.56. The minimum Gasteiger partial charge on any atom is -0.359 e. The van der Waals surface area contributed by atoms with E-state index < -0.39 is 0 Å². The molecule has 0 bridgehead atoms. The van der Waals surface area contributed by atoms with Gasteiger partial charge in [-0.15, -0.1) is 0 Å². The number of aryl methyl sites for hydroxylation is 1. The molecule has 2 aromatic rings. The standard InChI is InChI=1S/C12H16N4S/c1-9-4-2-3-5-10(9)8-11-15-12(17-16-11)14-7-6-13/h2-5H,6-8,13H2,1H3,(H,14,15,16). The zero-order chi connectivity index (χ0) is 12.1. The molecule has 2 rings (SSSR count). The summed E-state index contributed by atoms with van der Waals surface area (Å²) in [5, 5.41) is 3.98. The van der Waals surface area contributed by atoms with Gasteiger partial charge in [0.2, 0.25) is 5.13 Å². The van der Waals surface area contributed by atoms with E-state index in [2.05, 4.69) is 33.7 Å². The highest BCUT2D eigenvalue weighted by molar-refractivity contribution is 7.09. The molecule has 0 spiro atoms.